The number of hydrogen-bond acceptors (Lipinski definition) is 8. The van der Waals surface area contributed by atoms with Crippen LogP contribution < -0.4 is 26.6 Å². The Kier molecular flexibility index (Phi) is 18.7. The number of benzene rings is 2. The molecule has 0 spiro atoms. The van der Waals surface area contributed by atoms with E-state index in [1.807, 2.05) is 81.4 Å². The first-order chi connectivity index (χ1) is 30.5. The first-order valence-electron chi connectivity index (χ1n) is 23.3. The van der Waals surface area contributed by atoms with Crippen LogP contribution in [0.25, 0.3) is 0 Å². The summed E-state index contributed by atoms with van der Waals surface area (Å²) < 4.78 is 0. The first-order valence-corrected chi connectivity index (χ1v) is 23.3. The molecule has 2 fully saturated rings. The highest BCUT2D eigenvalue weighted by atomic mass is 16.4. The monoisotopic (exact) mass is 903 g/mol. The van der Waals surface area contributed by atoms with E-state index in [1.165, 1.54) is 0 Å². The lowest BCUT2D eigenvalue weighted by atomic mass is 9.77. The van der Waals surface area contributed by atoms with Gasteiger partial charge in [-0.2, -0.15) is 0 Å². The smallest absolute Gasteiger partial charge is 0.312 e. The van der Waals surface area contributed by atoms with Gasteiger partial charge in [-0.1, -0.05) is 129 Å². The topological polar surface area (TPSA) is 223 Å². The summed E-state index contributed by atoms with van der Waals surface area (Å²) in [6.45, 7) is 15.1. The van der Waals surface area contributed by atoms with Crippen LogP contribution in [0.1, 0.15) is 118 Å². The van der Waals surface area contributed by atoms with Crippen molar-refractivity contribution in [3.63, 3.8) is 0 Å². The molecule has 7 N–H and O–H groups in total. The number of likely N-dealkylation sites (tertiary alicyclic amines) is 1. The maximum absolute atomic E-state index is 14.5. The Labute approximate surface area is 385 Å². The van der Waals surface area contributed by atoms with E-state index in [4.69, 9.17) is 0 Å². The fraction of sp³-hybridized carbons (Fsp3) is 0.620. The number of hydrogen-bond donors (Lipinski definition) is 7. The number of carboxylic acids is 1. The summed E-state index contributed by atoms with van der Waals surface area (Å²) in [6, 6.07) is 13.0. The minimum absolute atomic E-state index is 0.0957. The van der Waals surface area contributed by atoms with E-state index < -0.39 is 101 Å². The number of carbonyl (C=O) groups is 7. The zero-order valence-electron chi connectivity index (χ0n) is 39.7. The fourth-order valence-electron chi connectivity index (χ4n) is 9.02. The van der Waals surface area contributed by atoms with E-state index in [9.17, 15) is 43.8 Å². The Bertz CT molecular complexity index is 1890. The lowest BCUT2D eigenvalue weighted by Gasteiger charge is -2.36. The average molecular weight is 903 g/mol. The highest BCUT2D eigenvalue weighted by Gasteiger charge is 2.53. The molecule has 4 rings (SSSR count). The molecule has 2 aliphatic rings. The molecule has 5 atom stereocenters. The second kappa shape index (κ2) is 23.2. The summed E-state index contributed by atoms with van der Waals surface area (Å²) in [5.74, 6) is -6.08. The van der Waals surface area contributed by atoms with Crippen molar-refractivity contribution >= 4 is 41.4 Å². The number of aliphatic carboxylic acids is 1. The lowest BCUT2D eigenvalue weighted by Crippen LogP contribution is -2.64. The van der Waals surface area contributed by atoms with Gasteiger partial charge >= 0.3 is 5.97 Å². The molecule has 15 nitrogen and oxygen atoms in total. The van der Waals surface area contributed by atoms with Crippen molar-refractivity contribution in [1.29, 1.82) is 0 Å². The zero-order chi connectivity index (χ0) is 48.1. The third kappa shape index (κ3) is 15.1. The highest BCUT2D eigenvalue weighted by Crippen LogP contribution is 2.42. The molecule has 358 valence electrons. The van der Waals surface area contributed by atoms with Gasteiger partial charge in [-0.25, -0.2) is 0 Å². The van der Waals surface area contributed by atoms with Crippen LogP contribution in [0.3, 0.4) is 0 Å². The molecule has 0 aromatic heterocycles. The number of amides is 6. The maximum atomic E-state index is 14.5. The molecule has 15 heteroatoms. The van der Waals surface area contributed by atoms with Crippen LogP contribution in [0.4, 0.5) is 0 Å². The summed E-state index contributed by atoms with van der Waals surface area (Å²) in [5.41, 5.74) is -1.03. The van der Waals surface area contributed by atoms with E-state index in [2.05, 4.69) is 26.6 Å². The van der Waals surface area contributed by atoms with Crippen LogP contribution in [0, 0.1) is 28.1 Å². The molecule has 65 heavy (non-hydrogen) atoms. The number of carbonyl (C=O) groups excluding carboxylic acids is 6. The van der Waals surface area contributed by atoms with Crippen LogP contribution in [-0.4, -0.2) is 106 Å². The van der Waals surface area contributed by atoms with E-state index in [1.54, 1.807) is 39.5 Å². The summed E-state index contributed by atoms with van der Waals surface area (Å²) in [7, 11) is 0. The van der Waals surface area contributed by atoms with E-state index in [0.29, 0.717) is 45.2 Å². The molecule has 1 heterocycles. The molecule has 0 unspecified atom stereocenters. The van der Waals surface area contributed by atoms with Crippen molar-refractivity contribution in [2.24, 2.45) is 28.1 Å². The van der Waals surface area contributed by atoms with Crippen LogP contribution in [0.5, 0.6) is 0 Å². The first kappa shape index (κ1) is 52.3. The van der Waals surface area contributed by atoms with Crippen molar-refractivity contribution in [2.45, 2.75) is 150 Å². The Morgan fingerprint density at radius 3 is 1.66 bits per heavy atom. The van der Waals surface area contributed by atoms with Crippen molar-refractivity contribution in [3.8, 4) is 0 Å². The van der Waals surface area contributed by atoms with E-state index in [-0.39, 0.29) is 24.2 Å². The lowest BCUT2D eigenvalue weighted by molar-refractivity contribution is -0.155. The molecule has 2 aromatic carbocycles. The van der Waals surface area contributed by atoms with Gasteiger partial charge in [-0.15, -0.1) is 0 Å². The predicted octanol–water partition coefficient (Wildman–Crippen LogP) is 4.30. The number of rotatable bonds is 21. The van der Waals surface area contributed by atoms with Crippen molar-refractivity contribution in [2.75, 3.05) is 19.7 Å². The standard InChI is InChI=1S/C50H74N6O9/c1-32(2)39(53-42(59)35(27-33-19-11-9-12-20-33)28-34-21-13-10-14-22-34)44(61)54-40(49(6,7)8)45(62)52-37(29-38(58)56-25-17-18-26-56)43(60)55-41(50(47(64)65)23-15-16-24-50)46(63)51-36(31-57)30-48(3,4)5/h9-14,19-22,32,35-37,39-41,57H,15-18,23-31H2,1-8H3,(H,51,63)(H,52,62)(H,53,59)(H,54,61)(H,55,60)(H,64,65)/t36-,37-,39-,40+,41+/m0/s1. The summed E-state index contributed by atoms with van der Waals surface area (Å²) >= 11 is 0. The van der Waals surface area contributed by atoms with Gasteiger partial charge in [-0.3, -0.25) is 33.6 Å². The molecule has 6 amide bonds. The van der Waals surface area contributed by atoms with Gasteiger partial charge in [-0.05, 0) is 72.8 Å². The van der Waals surface area contributed by atoms with Crippen LogP contribution in [-0.2, 0) is 46.4 Å². The number of aliphatic hydroxyl groups is 1. The maximum Gasteiger partial charge on any atom is 0.312 e. The zero-order valence-corrected chi connectivity index (χ0v) is 39.7. The SMILES string of the molecule is CC(C)[C@H](NC(=O)C(Cc1ccccc1)Cc1ccccc1)C(=O)N[C@H](C(=O)N[C@@H](CC(=O)N1CCCC1)C(=O)N[C@H](C(=O)N[C@H](CO)CC(C)(C)C)C1(C(=O)O)CCCC1)C(C)(C)C. The number of nitrogens with zero attached hydrogens (tertiary/aromatic N) is 1. The van der Waals surface area contributed by atoms with Crippen LogP contribution >= 0.6 is 0 Å². The van der Waals surface area contributed by atoms with Crippen molar-refractivity contribution in [3.05, 3.63) is 71.8 Å². The van der Waals surface area contributed by atoms with Gasteiger partial charge in [0.25, 0.3) is 0 Å². The quantitative estimate of drug-likeness (QED) is 0.0948. The molecule has 1 aliphatic carbocycles. The molecule has 2 aromatic rings. The largest absolute Gasteiger partial charge is 0.481 e. The van der Waals surface area contributed by atoms with E-state index >= 15 is 0 Å². The van der Waals surface area contributed by atoms with Crippen molar-refractivity contribution < 1.29 is 43.8 Å². The number of carboxylic acid groups (broad SMARTS) is 1. The predicted molar refractivity (Wildman–Crippen MR) is 248 cm³/mol. The summed E-state index contributed by atoms with van der Waals surface area (Å²) in [6.07, 6.45) is 3.44. The Morgan fingerprint density at radius 1 is 0.662 bits per heavy atom. The molecule has 0 radical (unpaired) electrons. The van der Waals surface area contributed by atoms with Gasteiger partial charge in [0.05, 0.1) is 24.5 Å². The van der Waals surface area contributed by atoms with Crippen LogP contribution in [0.15, 0.2) is 60.7 Å². The van der Waals surface area contributed by atoms with Gasteiger partial charge in [0.1, 0.15) is 24.2 Å². The molecule has 1 saturated carbocycles. The second-order valence-corrected chi connectivity index (χ2v) is 20.7. The van der Waals surface area contributed by atoms with Gasteiger partial charge in [0, 0.05) is 19.0 Å². The Morgan fingerprint density at radius 2 is 1.20 bits per heavy atom. The van der Waals surface area contributed by atoms with Crippen molar-refractivity contribution in [1.82, 2.24) is 31.5 Å². The normalized spacial score (nSPS) is 17.4. The molecule has 1 saturated heterocycles. The third-order valence-electron chi connectivity index (χ3n) is 12.6. The molecule has 1 aliphatic heterocycles. The average Bonchev–Trinajstić information content (AvgIpc) is 3.97. The number of nitrogens with one attached hydrogen (secondary N) is 5. The van der Waals surface area contributed by atoms with Gasteiger partial charge < -0.3 is 41.7 Å². The molecule has 0 bridgehead atoms. The van der Waals surface area contributed by atoms with Crippen LogP contribution in [0.2, 0.25) is 0 Å². The molecular weight excluding hydrogens is 829 g/mol. The Hall–Kier alpha value is -5.31. The summed E-state index contributed by atoms with van der Waals surface area (Å²) in [5, 5.41) is 34.8. The summed E-state index contributed by atoms with van der Waals surface area (Å²) in [4.78, 5) is 99.9. The second-order valence-electron chi connectivity index (χ2n) is 20.7. The third-order valence-corrected chi connectivity index (χ3v) is 12.6. The minimum Gasteiger partial charge on any atom is -0.481 e. The van der Waals surface area contributed by atoms with Gasteiger partial charge in [0.2, 0.25) is 35.4 Å². The Balaban J connectivity index is 1.62. The molecular formula is C50H74N6O9. The highest BCUT2D eigenvalue weighted by molar-refractivity contribution is 5.99. The minimum atomic E-state index is -1.69. The number of aliphatic hydroxyl groups excluding tert-OH is 1. The fourth-order valence-corrected chi connectivity index (χ4v) is 9.02. The van der Waals surface area contributed by atoms with E-state index in [0.717, 1.165) is 24.0 Å². The van der Waals surface area contributed by atoms with Gasteiger partial charge in [0.15, 0.2) is 0 Å².